The number of ether oxygens (including phenoxy) is 1. The van der Waals surface area contributed by atoms with Gasteiger partial charge in [0.15, 0.2) is 0 Å². The zero-order chi connectivity index (χ0) is 28.5. The number of methoxy groups -OCH3 is 1. The average molecular weight is 588 g/mol. The Balaban J connectivity index is 1.35. The Kier molecular flexibility index (Phi) is 7.61. The lowest BCUT2D eigenvalue weighted by Gasteiger charge is -2.38. The third kappa shape index (κ3) is 5.38. The summed E-state index contributed by atoms with van der Waals surface area (Å²) in [5.74, 6) is 1.13. The lowest BCUT2D eigenvalue weighted by Crippen LogP contribution is -2.49. The summed E-state index contributed by atoms with van der Waals surface area (Å²) in [6, 6.07) is 17.6. The first kappa shape index (κ1) is 27.2. The molecule has 0 aliphatic carbocycles. The smallest absolute Gasteiger partial charge is 0.282 e. The first-order valence-corrected chi connectivity index (χ1v) is 14.7. The molecule has 0 spiro atoms. The summed E-state index contributed by atoms with van der Waals surface area (Å²) in [7, 11) is 1.68. The predicted octanol–water partition coefficient (Wildman–Crippen LogP) is 5.84. The van der Waals surface area contributed by atoms with Crippen molar-refractivity contribution in [2.75, 3.05) is 43.5 Å². The molecule has 0 saturated carbocycles. The summed E-state index contributed by atoms with van der Waals surface area (Å²) in [4.78, 5) is 28.5. The van der Waals surface area contributed by atoms with E-state index < -0.39 is 0 Å². The Bertz CT molecular complexity index is 1750. The number of nitrogens with one attached hydrogen (secondary N) is 1. The molecule has 1 saturated heterocycles. The normalized spacial score (nSPS) is 14.1. The van der Waals surface area contributed by atoms with Gasteiger partial charge in [-0.25, -0.2) is 9.97 Å². The number of para-hydroxylation sites is 1. The topological polar surface area (TPSA) is 88.4 Å². The fourth-order valence-corrected chi connectivity index (χ4v) is 6.00. The second kappa shape index (κ2) is 11.5. The molecular formula is C30H30ClN7O2S. The first-order valence-electron chi connectivity index (χ1n) is 13.5. The molecule has 3 aromatic heterocycles. The lowest BCUT2D eigenvalue weighted by molar-refractivity contribution is 0.209. The number of anilines is 3. The highest BCUT2D eigenvalue weighted by Gasteiger charge is 2.22. The number of fused-ring (bicyclic) bond motifs is 1. The Morgan fingerprint density at radius 2 is 1.83 bits per heavy atom. The van der Waals surface area contributed by atoms with Gasteiger partial charge in [0.1, 0.15) is 17.0 Å². The van der Waals surface area contributed by atoms with Gasteiger partial charge in [0.05, 0.1) is 33.8 Å². The molecule has 1 aliphatic heterocycles. The van der Waals surface area contributed by atoms with Crippen molar-refractivity contribution in [1.82, 2.24) is 24.6 Å². The van der Waals surface area contributed by atoms with Crippen LogP contribution in [-0.2, 0) is 0 Å². The van der Waals surface area contributed by atoms with Crippen LogP contribution in [-0.4, -0.2) is 64.0 Å². The molecule has 0 amide bonds. The standard InChI is InChI=1S/C30H30ClN7O2S/c1-19(2)36-12-14-37(15-13-36)24-11-10-20(17-25(24)40-3)33-30-32-18-21-27(34-30)28(26-9-6-16-41-26)35-38(29(21)39)23-8-5-4-7-22(23)31/h4-11,16-19H,12-15H2,1-3H3,(H,32,33,34). The number of rotatable bonds is 7. The minimum atomic E-state index is -0.344. The van der Waals surface area contributed by atoms with Crippen LogP contribution in [0.2, 0.25) is 5.02 Å². The predicted molar refractivity (Wildman–Crippen MR) is 166 cm³/mol. The highest BCUT2D eigenvalue weighted by Crippen LogP contribution is 2.34. The van der Waals surface area contributed by atoms with E-state index in [1.807, 2.05) is 41.8 Å². The number of thiophene rings is 1. The number of benzene rings is 2. The Hall–Kier alpha value is -3.99. The van der Waals surface area contributed by atoms with Crippen molar-refractivity contribution in [2.24, 2.45) is 0 Å². The van der Waals surface area contributed by atoms with E-state index in [2.05, 4.69) is 40.0 Å². The fourth-order valence-electron chi connectivity index (χ4n) is 5.08. The summed E-state index contributed by atoms with van der Waals surface area (Å²) in [5, 5.41) is 10.7. The number of nitrogens with zero attached hydrogens (tertiary/aromatic N) is 6. The van der Waals surface area contributed by atoms with Gasteiger partial charge in [-0.05, 0) is 49.6 Å². The van der Waals surface area contributed by atoms with Crippen molar-refractivity contribution in [3.63, 3.8) is 0 Å². The second-order valence-electron chi connectivity index (χ2n) is 10.1. The number of piperazine rings is 1. The molecule has 41 heavy (non-hydrogen) atoms. The van der Waals surface area contributed by atoms with Gasteiger partial charge >= 0.3 is 0 Å². The van der Waals surface area contributed by atoms with Gasteiger partial charge in [0, 0.05) is 50.2 Å². The molecule has 1 fully saturated rings. The summed E-state index contributed by atoms with van der Waals surface area (Å²) >= 11 is 7.95. The third-order valence-electron chi connectivity index (χ3n) is 7.29. The second-order valence-corrected chi connectivity index (χ2v) is 11.4. The van der Waals surface area contributed by atoms with E-state index in [1.54, 1.807) is 25.4 Å². The Morgan fingerprint density at radius 3 is 2.54 bits per heavy atom. The van der Waals surface area contributed by atoms with Gasteiger partial charge in [-0.15, -0.1) is 11.3 Å². The summed E-state index contributed by atoms with van der Waals surface area (Å²) in [5.41, 5.74) is 3.03. The maximum Gasteiger partial charge on any atom is 0.282 e. The van der Waals surface area contributed by atoms with Crippen LogP contribution in [0.5, 0.6) is 5.75 Å². The lowest BCUT2D eigenvalue weighted by atomic mass is 10.2. The quantitative estimate of drug-likeness (QED) is 0.254. The molecule has 11 heteroatoms. The minimum Gasteiger partial charge on any atom is -0.495 e. The zero-order valence-electron chi connectivity index (χ0n) is 23.0. The van der Waals surface area contributed by atoms with Crippen LogP contribution in [0.3, 0.4) is 0 Å². The zero-order valence-corrected chi connectivity index (χ0v) is 24.6. The maximum absolute atomic E-state index is 13.5. The van der Waals surface area contributed by atoms with Crippen molar-refractivity contribution in [2.45, 2.75) is 19.9 Å². The van der Waals surface area contributed by atoms with Crippen LogP contribution in [0, 0.1) is 0 Å². The van der Waals surface area contributed by atoms with Crippen LogP contribution >= 0.6 is 22.9 Å². The molecule has 0 unspecified atom stereocenters. The van der Waals surface area contributed by atoms with E-state index in [0.717, 1.165) is 48.2 Å². The van der Waals surface area contributed by atoms with E-state index in [4.69, 9.17) is 26.4 Å². The highest BCUT2D eigenvalue weighted by molar-refractivity contribution is 7.13. The summed E-state index contributed by atoms with van der Waals surface area (Å²) in [6.07, 6.45) is 1.54. The number of aromatic nitrogens is 4. The molecule has 5 aromatic rings. The summed E-state index contributed by atoms with van der Waals surface area (Å²) < 4.78 is 7.09. The number of halogens is 1. The molecule has 2 aromatic carbocycles. The van der Waals surface area contributed by atoms with Gasteiger partial charge < -0.3 is 15.0 Å². The SMILES string of the molecule is COc1cc(Nc2ncc3c(=O)n(-c4ccccc4Cl)nc(-c4cccs4)c3n2)ccc1N1CCN(C(C)C)CC1. The molecule has 9 nitrogen and oxygen atoms in total. The van der Waals surface area contributed by atoms with Crippen LogP contribution < -0.4 is 20.5 Å². The van der Waals surface area contributed by atoms with Gasteiger partial charge in [0.25, 0.3) is 5.56 Å². The molecular weight excluding hydrogens is 558 g/mol. The van der Waals surface area contributed by atoms with E-state index in [9.17, 15) is 4.79 Å². The van der Waals surface area contributed by atoms with Gasteiger partial charge in [-0.3, -0.25) is 9.69 Å². The largest absolute Gasteiger partial charge is 0.495 e. The van der Waals surface area contributed by atoms with E-state index >= 15 is 0 Å². The molecule has 1 N–H and O–H groups in total. The summed E-state index contributed by atoms with van der Waals surface area (Å²) in [6.45, 7) is 8.40. The molecule has 210 valence electrons. The fraction of sp³-hybridized carbons (Fsp3) is 0.267. The van der Waals surface area contributed by atoms with Gasteiger partial charge in [-0.2, -0.15) is 9.78 Å². The first-order chi connectivity index (χ1) is 19.9. The van der Waals surface area contributed by atoms with Crippen molar-refractivity contribution in [3.8, 4) is 22.0 Å². The number of hydrogen-bond donors (Lipinski definition) is 1. The maximum atomic E-state index is 13.5. The number of hydrogen-bond acceptors (Lipinski definition) is 9. The van der Waals surface area contributed by atoms with Crippen LogP contribution in [0.25, 0.3) is 27.2 Å². The van der Waals surface area contributed by atoms with E-state index in [-0.39, 0.29) is 5.56 Å². The molecule has 1 aliphatic rings. The van der Waals surface area contributed by atoms with Crippen molar-refractivity contribution in [1.29, 1.82) is 0 Å². The van der Waals surface area contributed by atoms with Crippen molar-refractivity contribution in [3.05, 3.63) is 81.6 Å². The van der Waals surface area contributed by atoms with E-state index in [0.29, 0.717) is 39.3 Å². The highest BCUT2D eigenvalue weighted by atomic mass is 35.5. The molecule has 0 atom stereocenters. The van der Waals surface area contributed by atoms with Crippen molar-refractivity contribution >= 4 is 51.2 Å². The Morgan fingerprint density at radius 1 is 1.02 bits per heavy atom. The Labute approximate surface area is 247 Å². The molecule has 0 radical (unpaired) electrons. The van der Waals surface area contributed by atoms with Gasteiger partial charge in [-0.1, -0.05) is 29.8 Å². The molecule has 0 bridgehead atoms. The minimum absolute atomic E-state index is 0.344. The molecule has 6 rings (SSSR count). The average Bonchev–Trinajstić information content (AvgIpc) is 3.53. The van der Waals surface area contributed by atoms with E-state index in [1.165, 1.54) is 16.0 Å². The van der Waals surface area contributed by atoms with Gasteiger partial charge in [0.2, 0.25) is 5.95 Å². The molecule has 4 heterocycles. The third-order valence-corrected chi connectivity index (χ3v) is 8.49. The van der Waals surface area contributed by atoms with Crippen LogP contribution in [0.4, 0.5) is 17.3 Å². The monoisotopic (exact) mass is 587 g/mol. The van der Waals surface area contributed by atoms with Crippen LogP contribution in [0.1, 0.15) is 13.8 Å². The van der Waals surface area contributed by atoms with Crippen molar-refractivity contribution < 1.29 is 4.74 Å². The van der Waals surface area contributed by atoms with Crippen LogP contribution in [0.15, 0.2) is 71.0 Å².